The third-order valence-electron chi connectivity index (χ3n) is 5.53. The van der Waals surface area contributed by atoms with Crippen LogP contribution < -0.4 is 20.6 Å². The second-order valence-corrected chi connectivity index (χ2v) is 7.85. The Morgan fingerprint density at radius 1 is 1.14 bits per heavy atom. The molecule has 3 aromatic rings. The van der Waals surface area contributed by atoms with Crippen LogP contribution in [0.2, 0.25) is 5.02 Å². The zero-order chi connectivity index (χ0) is 20.1. The van der Waals surface area contributed by atoms with E-state index in [1.54, 1.807) is 0 Å². The van der Waals surface area contributed by atoms with Crippen molar-refractivity contribution in [3.05, 3.63) is 62.5 Å². The van der Waals surface area contributed by atoms with E-state index in [4.69, 9.17) is 20.8 Å². The van der Waals surface area contributed by atoms with Gasteiger partial charge in [0.05, 0.1) is 17.1 Å². The number of carbonyl (C=O) groups is 1. The summed E-state index contributed by atoms with van der Waals surface area (Å²) in [6, 6.07) is 9.38. The number of hydrogen-bond donors (Lipinski definition) is 1. The highest BCUT2D eigenvalue weighted by atomic mass is 35.5. The van der Waals surface area contributed by atoms with E-state index in [0.717, 1.165) is 52.7 Å². The minimum absolute atomic E-state index is 0.114. The Morgan fingerprint density at radius 3 is 2.66 bits per heavy atom. The molecule has 1 aliphatic heterocycles. The zero-order valence-electron chi connectivity index (χ0n) is 15.9. The fourth-order valence-electron chi connectivity index (χ4n) is 4.23. The Morgan fingerprint density at radius 2 is 1.90 bits per heavy atom. The Balaban J connectivity index is 1.56. The van der Waals surface area contributed by atoms with Crippen LogP contribution in [0.3, 0.4) is 0 Å². The maximum absolute atomic E-state index is 12.5. The standard InChI is InChI=1S/C22H19ClN2O4/c1-12(26)24-13-5-7-14(8-6-13)25-10-18-20-17(9-19(23)21(18)28-11-25)15-3-2-4-16(15)22(27)29-20/h5-9H,2-4,10-11H2,1H3,(H,24,26). The van der Waals surface area contributed by atoms with Gasteiger partial charge in [0.25, 0.3) is 0 Å². The molecule has 0 fully saturated rings. The van der Waals surface area contributed by atoms with Crippen LogP contribution in [-0.2, 0) is 24.2 Å². The first-order valence-electron chi connectivity index (χ1n) is 9.56. The molecule has 1 amide bonds. The van der Waals surface area contributed by atoms with Gasteiger partial charge in [-0.1, -0.05) is 11.6 Å². The summed E-state index contributed by atoms with van der Waals surface area (Å²) in [6.07, 6.45) is 2.57. The Bertz CT molecular complexity index is 1200. The van der Waals surface area contributed by atoms with E-state index in [-0.39, 0.29) is 11.5 Å². The Labute approximate surface area is 172 Å². The molecule has 0 bridgehead atoms. The number of benzene rings is 2. The number of fused-ring (bicyclic) bond motifs is 5. The van der Waals surface area contributed by atoms with Gasteiger partial charge in [-0.2, -0.15) is 0 Å². The largest absolute Gasteiger partial charge is 0.471 e. The first-order valence-corrected chi connectivity index (χ1v) is 9.94. The molecular formula is C22H19ClN2O4. The van der Waals surface area contributed by atoms with E-state index in [1.165, 1.54) is 6.92 Å². The number of carbonyl (C=O) groups excluding carboxylic acids is 1. The predicted molar refractivity (Wildman–Crippen MR) is 112 cm³/mol. The first kappa shape index (κ1) is 18.1. The van der Waals surface area contributed by atoms with E-state index in [9.17, 15) is 9.59 Å². The summed E-state index contributed by atoms with van der Waals surface area (Å²) < 4.78 is 11.7. The number of ether oxygens (including phenoxy) is 1. The van der Waals surface area contributed by atoms with Crippen molar-refractivity contribution >= 4 is 39.9 Å². The van der Waals surface area contributed by atoms with Crippen LogP contribution in [0, 0.1) is 0 Å². The number of anilines is 2. The highest BCUT2D eigenvalue weighted by Crippen LogP contribution is 2.41. The lowest BCUT2D eigenvalue weighted by Gasteiger charge is -2.31. The summed E-state index contributed by atoms with van der Waals surface area (Å²) in [4.78, 5) is 25.7. The highest BCUT2D eigenvalue weighted by Gasteiger charge is 2.28. The average molecular weight is 411 g/mol. The van der Waals surface area contributed by atoms with E-state index in [0.29, 0.717) is 29.6 Å². The molecular weight excluding hydrogens is 392 g/mol. The summed E-state index contributed by atoms with van der Waals surface area (Å²) in [7, 11) is 0. The van der Waals surface area contributed by atoms with Gasteiger partial charge >= 0.3 is 5.63 Å². The Hall–Kier alpha value is -2.99. The number of hydrogen-bond acceptors (Lipinski definition) is 5. The van der Waals surface area contributed by atoms with Crippen LogP contribution in [0.25, 0.3) is 11.0 Å². The number of nitrogens with zero attached hydrogens (tertiary/aromatic N) is 1. The van der Waals surface area contributed by atoms with Gasteiger partial charge < -0.3 is 19.4 Å². The van der Waals surface area contributed by atoms with Gasteiger partial charge in [-0.25, -0.2) is 4.79 Å². The molecule has 0 unspecified atom stereocenters. The fourth-order valence-corrected chi connectivity index (χ4v) is 4.51. The van der Waals surface area contributed by atoms with E-state index >= 15 is 0 Å². The second kappa shape index (κ2) is 6.81. The number of aryl methyl sites for hydroxylation is 1. The topological polar surface area (TPSA) is 71.8 Å². The molecule has 1 aliphatic carbocycles. The predicted octanol–water partition coefficient (Wildman–Crippen LogP) is 4.25. The smallest absolute Gasteiger partial charge is 0.339 e. The van der Waals surface area contributed by atoms with Gasteiger partial charge in [-0.15, -0.1) is 0 Å². The number of rotatable bonds is 2. The van der Waals surface area contributed by atoms with Crippen LogP contribution in [0.1, 0.15) is 30.0 Å². The fraction of sp³-hybridized carbons (Fsp3) is 0.273. The van der Waals surface area contributed by atoms with Gasteiger partial charge in [0.2, 0.25) is 5.91 Å². The van der Waals surface area contributed by atoms with Gasteiger partial charge in [-0.3, -0.25) is 4.79 Å². The SMILES string of the molecule is CC(=O)Nc1ccc(N2COc3c(Cl)cc4c5c(c(=O)oc4c3C2)CCC5)cc1. The van der Waals surface area contributed by atoms with Crippen LogP contribution in [0.5, 0.6) is 5.75 Å². The van der Waals surface area contributed by atoms with Crippen molar-refractivity contribution in [1.82, 2.24) is 0 Å². The van der Waals surface area contributed by atoms with Crippen molar-refractivity contribution in [2.45, 2.75) is 32.7 Å². The molecule has 1 aromatic heterocycles. The molecule has 0 radical (unpaired) electrons. The molecule has 0 saturated heterocycles. The molecule has 148 valence electrons. The third kappa shape index (κ3) is 3.04. The molecule has 6 nitrogen and oxygen atoms in total. The van der Waals surface area contributed by atoms with Gasteiger partial charge in [0.15, 0.2) is 6.73 Å². The third-order valence-corrected chi connectivity index (χ3v) is 5.81. The van der Waals surface area contributed by atoms with E-state index < -0.39 is 0 Å². The van der Waals surface area contributed by atoms with Crippen LogP contribution >= 0.6 is 11.6 Å². The van der Waals surface area contributed by atoms with Crippen LogP contribution in [-0.4, -0.2) is 12.6 Å². The minimum Gasteiger partial charge on any atom is -0.471 e. The molecule has 0 saturated carbocycles. The second-order valence-electron chi connectivity index (χ2n) is 7.44. The van der Waals surface area contributed by atoms with Gasteiger partial charge in [0.1, 0.15) is 11.3 Å². The lowest BCUT2D eigenvalue weighted by Crippen LogP contribution is -2.32. The molecule has 7 heteroatoms. The summed E-state index contributed by atoms with van der Waals surface area (Å²) in [5.41, 5.74) is 4.59. The molecule has 2 heterocycles. The maximum Gasteiger partial charge on any atom is 0.339 e. The molecule has 2 aliphatic rings. The molecule has 0 spiro atoms. The van der Waals surface area contributed by atoms with E-state index in [1.807, 2.05) is 35.2 Å². The average Bonchev–Trinajstić information content (AvgIpc) is 3.20. The first-order chi connectivity index (χ1) is 14.0. The van der Waals surface area contributed by atoms with Crippen LogP contribution in [0.4, 0.5) is 11.4 Å². The minimum atomic E-state index is -0.258. The summed E-state index contributed by atoms with van der Waals surface area (Å²) in [5, 5.41) is 4.20. The van der Waals surface area contributed by atoms with Crippen molar-refractivity contribution in [2.24, 2.45) is 0 Å². The van der Waals surface area contributed by atoms with Gasteiger partial charge in [-0.05, 0) is 55.2 Å². The van der Waals surface area contributed by atoms with Crippen molar-refractivity contribution < 1.29 is 13.9 Å². The van der Waals surface area contributed by atoms with Crippen molar-refractivity contribution in [3.63, 3.8) is 0 Å². The van der Waals surface area contributed by atoms with E-state index in [2.05, 4.69) is 5.32 Å². The summed E-state index contributed by atoms with van der Waals surface area (Å²) in [5.74, 6) is 0.461. The number of nitrogens with one attached hydrogen (secondary N) is 1. The Kier molecular flexibility index (Phi) is 4.24. The van der Waals surface area contributed by atoms with Gasteiger partial charge in [0, 0.05) is 29.2 Å². The van der Waals surface area contributed by atoms with Crippen molar-refractivity contribution in [2.75, 3.05) is 16.9 Å². The van der Waals surface area contributed by atoms with Crippen molar-refractivity contribution in [3.8, 4) is 5.75 Å². The normalized spacial score (nSPS) is 15.0. The molecule has 0 atom stereocenters. The number of halogens is 1. The highest BCUT2D eigenvalue weighted by molar-refractivity contribution is 6.33. The van der Waals surface area contributed by atoms with Crippen LogP contribution in [0.15, 0.2) is 39.5 Å². The zero-order valence-corrected chi connectivity index (χ0v) is 16.6. The monoisotopic (exact) mass is 410 g/mol. The molecule has 29 heavy (non-hydrogen) atoms. The molecule has 1 N–H and O–H groups in total. The molecule has 5 rings (SSSR count). The quantitative estimate of drug-likeness (QED) is 0.639. The molecule has 2 aromatic carbocycles. The summed E-state index contributed by atoms with van der Waals surface area (Å²) in [6.45, 7) is 2.31. The lowest BCUT2D eigenvalue weighted by molar-refractivity contribution is -0.114. The van der Waals surface area contributed by atoms with Crippen molar-refractivity contribution in [1.29, 1.82) is 0 Å². The maximum atomic E-state index is 12.5. The summed E-state index contributed by atoms with van der Waals surface area (Å²) >= 11 is 6.52. The lowest BCUT2D eigenvalue weighted by atomic mass is 10.0. The number of amides is 1.